The van der Waals surface area contributed by atoms with E-state index in [0.29, 0.717) is 32.0 Å². The third kappa shape index (κ3) is 5.66. The van der Waals surface area contributed by atoms with Gasteiger partial charge in [-0.3, -0.25) is 4.79 Å². The van der Waals surface area contributed by atoms with Crippen molar-refractivity contribution in [1.82, 2.24) is 19.9 Å². The average molecular weight is 527 g/mol. The fraction of sp³-hybridized carbons (Fsp3) is 0.407. The van der Waals surface area contributed by atoms with Crippen LogP contribution in [-0.4, -0.2) is 72.1 Å². The molecule has 0 atom stereocenters. The number of alkyl halides is 3. The molecule has 0 aliphatic carbocycles. The second-order valence-corrected chi connectivity index (χ2v) is 9.47. The standard InChI is InChI=1S/C27H29F3N6O2/c1-38-22-5-2-19(3-6-22)23-16-25(33-18-32-23)34-10-8-20(9-11-34)26(37)36-14-12-35(13-15-36)24-7-4-21(17-31-24)27(28,29)30/h2-7,16-18,20H,8-15H2,1H3. The quantitative estimate of drug-likeness (QED) is 0.495. The number of nitrogens with zero attached hydrogens (tertiary/aromatic N) is 6. The number of carbonyl (C=O) groups is 1. The summed E-state index contributed by atoms with van der Waals surface area (Å²) >= 11 is 0. The van der Waals surface area contributed by atoms with Gasteiger partial charge in [-0.05, 0) is 49.2 Å². The molecule has 5 rings (SSSR count). The molecule has 0 unspecified atom stereocenters. The molecule has 2 aromatic heterocycles. The van der Waals surface area contributed by atoms with Crippen LogP contribution in [0.4, 0.5) is 24.8 Å². The summed E-state index contributed by atoms with van der Waals surface area (Å²) < 4.78 is 43.6. The van der Waals surface area contributed by atoms with Gasteiger partial charge in [0, 0.05) is 63.0 Å². The Hall–Kier alpha value is -3.89. The molecule has 0 saturated carbocycles. The highest BCUT2D eigenvalue weighted by molar-refractivity contribution is 5.79. The zero-order chi connectivity index (χ0) is 26.7. The lowest BCUT2D eigenvalue weighted by Crippen LogP contribution is -2.52. The summed E-state index contributed by atoms with van der Waals surface area (Å²) in [6.07, 6.45) is -0.503. The van der Waals surface area contributed by atoms with E-state index in [4.69, 9.17) is 4.74 Å². The number of pyridine rings is 1. The number of piperazine rings is 1. The van der Waals surface area contributed by atoms with E-state index in [1.807, 2.05) is 40.1 Å². The van der Waals surface area contributed by atoms with E-state index in [2.05, 4.69) is 19.9 Å². The van der Waals surface area contributed by atoms with Gasteiger partial charge in [0.1, 0.15) is 23.7 Å². The number of carbonyl (C=O) groups excluding carboxylic acids is 1. The minimum absolute atomic E-state index is 0.0510. The lowest BCUT2D eigenvalue weighted by molar-refractivity contribution is -0.138. The van der Waals surface area contributed by atoms with Gasteiger partial charge < -0.3 is 19.4 Å². The molecule has 0 bridgehead atoms. The van der Waals surface area contributed by atoms with E-state index in [1.165, 1.54) is 6.07 Å². The first kappa shape index (κ1) is 25.7. The van der Waals surface area contributed by atoms with Crippen LogP contribution in [0, 0.1) is 5.92 Å². The van der Waals surface area contributed by atoms with Crippen LogP contribution in [0.15, 0.2) is 55.0 Å². The maximum absolute atomic E-state index is 13.2. The van der Waals surface area contributed by atoms with Crippen LogP contribution in [0.25, 0.3) is 11.3 Å². The van der Waals surface area contributed by atoms with Crippen molar-refractivity contribution in [3.63, 3.8) is 0 Å². The van der Waals surface area contributed by atoms with E-state index < -0.39 is 11.7 Å². The summed E-state index contributed by atoms with van der Waals surface area (Å²) in [7, 11) is 1.63. The zero-order valence-corrected chi connectivity index (χ0v) is 21.1. The van der Waals surface area contributed by atoms with E-state index >= 15 is 0 Å². The highest BCUT2D eigenvalue weighted by atomic mass is 19.4. The van der Waals surface area contributed by atoms with Crippen molar-refractivity contribution in [3.05, 3.63) is 60.6 Å². The molecular weight excluding hydrogens is 497 g/mol. The lowest BCUT2D eigenvalue weighted by atomic mass is 9.95. The number of aromatic nitrogens is 3. The minimum atomic E-state index is -4.40. The van der Waals surface area contributed by atoms with Crippen molar-refractivity contribution in [2.75, 3.05) is 56.2 Å². The number of methoxy groups -OCH3 is 1. The van der Waals surface area contributed by atoms with Gasteiger partial charge in [-0.15, -0.1) is 0 Å². The fourth-order valence-corrected chi connectivity index (χ4v) is 4.95. The fourth-order valence-electron chi connectivity index (χ4n) is 4.95. The number of ether oxygens (including phenoxy) is 1. The molecule has 2 aliphatic heterocycles. The highest BCUT2D eigenvalue weighted by Crippen LogP contribution is 2.30. The van der Waals surface area contributed by atoms with Crippen molar-refractivity contribution >= 4 is 17.5 Å². The van der Waals surface area contributed by atoms with Gasteiger partial charge >= 0.3 is 6.18 Å². The Morgan fingerprint density at radius 2 is 1.55 bits per heavy atom. The van der Waals surface area contributed by atoms with Gasteiger partial charge in [-0.1, -0.05) is 0 Å². The monoisotopic (exact) mass is 526 g/mol. The van der Waals surface area contributed by atoms with Crippen LogP contribution in [0.3, 0.4) is 0 Å². The predicted octanol–water partition coefficient (Wildman–Crippen LogP) is 4.13. The summed E-state index contributed by atoms with van der Waals surface area (Å²) in [6, 6.07) is 12.1. The lowest BCUT2D eigenvalue weighted by Gasteiger charge is -2.39. The van der Waals surface area contributed by atoms with Crippen molar-refractivity contribution in [2.24, 2.45) is 5.92 Å². The Labute approximate surface area is 219 Å². The Kier molecular flexibility index (Phi) is 7.35. The van der Waals surface area contributed by atoms with E-state index in [1.54, 1.807) is 13.4 Å². The van der Waals surface area contributed by atoms with Crippen LogP contribution in [0.1, 0.15) is 18.4 Å². The van der Waals surface area contributed by atoms with Crippen molar-refractivity contribution in [2.45, 2.75) is 19.0 Å². The molecule has 2 saturated heterocycles. The van der Waals surface area contributed by atoms with Gasteiger partial charge in [-0.25, -0.2) is 15.0 Å². The summed E-state index contributed by atoms with van der Waals surface area (Å²) in [5.74, 6) is 2.22. The van der Waals surface area contributed by atoms with Gasteiger partial charge in [0.2, 0.25) is 5.91 Å². The van der Waals surface area contributed by atoms with Gasteiger partial charge in [-0.2, -0.15) is 13.2 Å². The van der Waals surface area contributed by atoms with E-state index in [9.17, 15) is 18.0 Å². The molecule has 2 fully saturated rings. The summed E-state index contributed by atoms with van der Waals surface area (Å²) in [6.45, 7) is 3.59. The molecule has 8 nitrogen and oxygen atoms in total. The van der Waals surface area contributed by atoms with Crippen LogP contribution in [0.5, 0.6) is 5.75 Å². The van der Waals surface area contributed by atoms with Crippen LogP contribution >= 0.6 is 0 Å². The predicted molar refractivity (Wildman–Crippen MR) is 137 cm³/mol. The largest absolute Gasteiger partial charge is 0.497 e. The number of rotatable bonds is 5. The second kappa shape index (κ2) is 10.8. The molecule has 3 aromatic rings. The zero-order valence-electron chi connectivity index (χ0n) is 21.1. The molecule has 0 spiro atoms. The number of anilines is 2. The number of piperidine rings is 1. The molecule has 0 radical (unpaired) electrons. The Morgan fingerprint density at radius 3 is 2.16 bits per heavy atom. The first-order chi connectivity index (χ1) is 18.3. The number of hydrogen-bond acceptors (Lipinski definition) is 7. The smallest absolute Gasteiger partial charge is 0.417 e. The second-order valence-electron chi connectivity index (χ2n) is 9.47. The maximum Gasteiger partial charge on any atom is 0.417 e. The number of benzene rings is 1. The van der Waals surface area contributed by atoms with Gasteiger partial charge in [0.15, 0.2) is 0 Å². The number of halogens is 3. The topological polar surface area (TPSA) is 74.7 Å². The summed E-state index contributed by atoms with van der Waals surface area (Å²) in [5, 5.41) is 0. The molecule has 1 aromatic carbocycles. The maximum atomic E-state index is 13.2. The van der Waals surface area contributed by atoms with Crippen LogP contribution < -0.4 is 14.5 Å². The Morgan fingerprint density at radius 1 is 0.868 bits per heavy atom. The van der Waals surface area contributed by atoms with Crippen molar-refractivity contribution in [1.29, 1.82) is 0 Å². The van der Waals surface area contributed by atoms with Crippen LogP contribution in [0.2, 0.25) is 0 Å². The van der Waals surface area contributed by atoms with Gasteiger partial charge in [0.25, 0.3) is 0 Å². The van der Waals surface area contributed by atoms with Crippen molar-refractivity contribution < 1.29 is 22.7 Å². The normalized spacial score (nSPS) is 17.0. The van der Waals surface area contributed by atoms with E-state index in [-0.39, 0.29) is 11.8 Å². The average Bonchev–Trinajstić information content (AvgIpc) is 2.97. The third-order valence-electron chi connectivity index (χ3n) is 7.20. The first-order valence-corrected chi connectivity index (χ1v) is 12.6. The summed E-state index contributed by atoms with van der Waals surface area (Å²) in [4.78, 5) is 32.0. The Bertz CT molecular complexity index is 1240. The first-order valence-electron chi connectivity index (χ1n) is 12.6. The number of amides is 1. The molecular formula is C27H29F3N6O2. The van der Waals surface area contributed by atoms with Gasteiger partial charge in [0.05, 0.1) is 18.4 Å². The highest BCUT2D eigenvalue weighted by Gasteiger charge is 2.33. The molecule has 11 heteroatoms. The SMILES string of the molecule is COc1ccc(-c2cc(N3CCC(C(=O)N4CCN(c5ccc(C(F)(F)F)cn5)CC4)CC3)ncn2)cc1. The molecule has 0 N–H and O–H groups in total. The minimum Gasteiger partial charge on any atom is -0.497 e. The molecule has 200 valence electrons. The Balaban J connectivity index is 1.13. The third-order valence-corrected chi connectivity index (χ3v) is 7.20. The van der Waals surface area contributed by atoms with Crippen LogP contribution in [-0.2, 0) is 11.0 Å². The summed E-state index contributed by atoms with van der Waals surface area (Å²) in [5.41, 5.74) is 1.04. The molecule has 2 aliphatic rings. The molecule has 38 heavy (non-hydrogen) atoms. The van der Waals surface area contributed by atoms with Crippen molar-refractivity contribution in [3.8, 4) is 17.0 Å². The molecule has 1 amide bonds. The number of hydrogen-bond donors (Lipinski definition) is 0. The molecule has 4 heterocycles. The van der Waals surface area contributed by atoms with E-state index in [0.717, 1.165) is 61.0 Å².